The summed E-state index contributed by atoms with van der Waals surface area (Å²) in [6.45, 7) is 1.85. The maximum atomic E-state index is 13.4. The van der Waals surface area contributed by atoms with Crippen molar-refractivity contribution in [1.82, 2.24) is 4.57 Å². The van der Waals surface area contributed by atoms with Gasteiger partial charge in [0.05, 0.1) is 5.69 Å². The van der Waals surface area contributed by atoms with Gasteiger partial charge in [-0.1, -0.05) is 0 Å². The number of hydrogen-bond donors (Lipinski definition) is 1. The summed E-state index contributed by atoms with van der Waals surface area (Å²) < 4.78 is 41.7. The van der Waals surface area contributed by atoms with Gasteiger partial charge in [0.2, 0.25) is 0 Å². The van der Waals surface area contributed by atoms with E-state index in [2.05, 4.69) is 0 Å². The molecule has 0 saturated carbocycles. The van der Waals surface area contributed by atoms with E-state index in [0.717, 1.165) is 48.3 Å². The Hall–Kier alpha value is -1.75. The standard InChI is InChI=1S/C15H15F3N2/c1-8-5-10-13(19)3-2-4-14(10)20(8)9-6-11(16)15(18)12(17)7-9/h5-7,13H,2-4,19H2,1H3. The summed E-state index contributed by atoms with van der Waals surface area (Å²) in [5.74, 6) is -3.80. The van der Waals surface area contributed by atoms with Crippen molar-refractivity contribution in [3.05, 3.63) is 52.6 Å². The van der Waals surface area contributed by atoms with Crippen LogP contribution in [0.4, 0.5) is 13.2 Å². The van der Waals surface area contributed by atoms with Crippen LogP contribution in [0.3, 0.4) is 0 Å². The zero-order chi connectivity index (χ0) is 14.4. The summed E-state index contributed by atoms with van der Waals surface area (Å²) in [7, 11) is 0. The van der Waals surface area contributed by atoms with Crippen LogP contribution >= 0.6 is 0 Å². The third kappa shape index (κ3) is 1.93. The van der Waals surface area contributed by atoms with E-state index >= 15 is 0 Å². The van der Waals surface area contributed by atoms with Crippen molar-refractivity contribution in [3.63, 3.8) is 0 Å². The van der Waals surface area contributed by atoms with E-state index in [1.165, 1.54) is 0 Å². The second-order valence-corrected chi connectivity index (χ2v) is 5.25. The Morgan fingerprint density at radius 2 is 1.80 bits per heavy atom. The van der Waals surface area contributed by atoms with E-state index in [4.69, 9.17) is 5.73 Å². The van der Waals surface area contributed by atoms with Crippen LogP contribution in [0, 0.1) is 24.4 Å². The average molecular weight is 280 g/mol. The second kappa shape index (κ2) is 4.66. The number of aromatic nitrogens is 1. The zero-order valence-corrected chi connectivity index (χ0v) is 11.1. The number of nitrogens with two attached hydrogens (primary N) is 1. The number of aryl methyl sites for hydroxylation is 1. The molecule has 0 aliphatic heterocycles. The molecule has 2 nitrogen and oxygen atoms in total. The fraction of sp³-hybridized carbons (Fsp3) is 0.333. The summed E-state index contributed by atoms with van der Waals surface area (Å²) in [6, 6.07) is 3.93. The lowest BCUT2D eigenvalue weighted by atomic mass is 9.93. The first-order valence-corrected chi connectivity index (χ1v) is 6.60. The van der Waals surface area contributed by atoms with Crippen molar-refractivity contribution in [2.45, 2.75) is 32.2 Å². The van der Waals surface area contributed by atoms with Crippen LogP contribution in [-0.4, -0.2) is 4.57 Å². The Morgan fingerprint density at radius 1 is 1.15 bits per heavy atom. The molecule has 5 heteroatoms. The first kappa shape index (κ1) is 13.2. The maximum absolute atomic E-state index is 13.4. The molecular weight excluding hydrogens is 265 g/mol. The minimum absolute atomic E-state index is 0.0474. The molecule has 1 aliphatic carbocycles. The van der Waals surface area contributed by atoms with E-state index in [-0.39, 0.29) is 6.04 Å². The van der Waals surface area contributed by atoms with E-state index in [9.17, 15) is 13.2 Å². The number of rotatable bonds is 1. The fourth-order valence-corrected chi connectivity index (χ4v) is 2.97. The Balaban J connectivity index is 2.20. The molecule has 1 aromatic heterocycles. The third-order valence-corrected chi connectivity index (χ3v) is 3.88. The monoisotopic (exact) mass is 280 g/mol. The molecule has 2 N–H and O–H groups in total. The predicted octanol–water partition coefficient (Wildman–Crippen LogP) is 3.54. The Kier molecular flexibility index (Phi) is 3.09. The van der Waals surface area contributed by atoms with Crippen molar-refractivity contribution in [2.75, 3.05) is 0 Å². The number of benzene rings is 1. The van der Waals surface area contributed by atoms with Crippen molar-refractivity contribution < 1.29 is 13.2 Å². The third-order valence-electron chi connectivity index (χ3n) is 3.88. The van der Waals surface area contributed by atoms with Gasteiger partial charge in [0.25, 0.3) is 0 Å². The topological polar surface area (TPSA) is 30.9 Å². The molecule has 3 rings (SSSR count). The van der Waals surface area contributed by atoms with Gasteiger partial charge in [-0.2, -0.15) is 0 Å². The van der Waals surface area contributed by atoms with Gasteiger partial charge >= 0.3 is 0 Å². The number of halogens is 3. The lowest BCUT2D eigenvalue weighted by molar-refractivity contribution is 0.446. The van der Waals surface area contributed by atoms with Gasteiger partial charge in [-0.05, 0) is 37.8 Å². The molecule has 0 spiro atoms. The number of hydrogen-bond acceptors (Lipinski definition) is 1. The molecule has 1 unspecified atom stereocenters. The highest BCUT2D eigenvalue weighted by molar-refractivity contribution is 5.44. The predicted molar refractivity (Wildman–Crippen MR) is 70.2 cm³/mol. The minimum Gasteiger partial charge on any atom is -0.324 e. The van der Waals surface area contributed by atoms with Crippen LogP contribution in [0.5, 0.6) is 0 Å². The first-order valence-electron chi connectivity index (χ1n) is 6.60. The van der Waals surface area contributed by atoms with Crippen LogP contribution < -0.4 is 5.73 Å². The molecule has 1 heterocycles. The summed E-state index contributed by atoms with van der Waals surface area (Å²) in [5.41, 5.74) is 9.19. The van der Waals surface area contributed by atoms with Gasteiger partial charge in [-0.25, -0.2) is 13.2 Å². The fourth-order valence-electron chi connectivity index (χ4n) is 2.97. The van der Waals surface area contributed by atoms with E-state index in [1.807, 2.05) is 13.0 Å². The van der Waals surface area contributed by atoms with Crippen molar-refractivity contribution in [2.24, 2.45) is 5.73 Å². The highest BCUT2D eigenvalue weighted by Gasteiger charge is 2.23. The Bertz CT molecular complexity index is 653. The molecule has 1 aliphatic rings. The lowest BCUT2D eigenvalue weighted by Gasteiger charge is -2.21. The van der Waals surface area contributed by atoms with Gasteiger partial charge < -0.3 is 10.3 Å². The van der Waals surface area contributed by atoms with Gasteiger partial charge in [-0.15, -0.1) is 0 Å². The second-order valence-electron chi connectivity index (χ2n) is 5.25. The van der Waals surface area contributed by atoms with Crippen LogP contribution in [0.2, 0.25) is 0 Å². The summed E-state index contributed by atoms with van der Waals surface area (Å²) in [4.78, 5) is 0. The van der Waals surface area contributed by atoms with Crippen molar-refractivity contribution in [3.8, 4) is 5.69 Å². The molecule has 0 radical (unpaired) electrons. The molecule has 0 saturated heterocycles. The molecular formula is C15H15F3N2. The number of nitrogens with zero attached hydrogens (tertiary/aromatic N) is 1. The Morgan fingerprint density at radius 3 is 2.45 bits per heavy atom. The molecule has 20 heavy (non-hydrogen) atoms. The molecule has 1 atom stereocenters. The van der Waals surface area contributed by atoms with E-state index in [1.54, 1.807) is 4.57 Å². The normalized spacial score (nSPS) is 18.1. The van der Waals surface area contributed by atoms with Gasteiger partial charge in [-0.3, -0.25) is 0 Å². The minimum atomic E-state index is -1.44. The first-order chi connectivity index (χ1) is 9.49. The highest BCUT2D eigenvalue weighted by atomic mass is 19.2. The van der Waals surface area contributed by atoms with Gasteiger partial charge in [0, 0.05) is 29.6 Å². The zero-order valence-electron chi connectivity index (χ0n) is 11.1. The van der Waals surface area contributed by atoms with E-state index in [0.29, 0.717) is 5.69 Å². The average Bonchev–Trinajstić information content (AvgIpc) is 2.73. The maximum Gasteiger partial charge on any atom is 0.194 e. The summed E-state index contributed by atoms with van der Waals surface area (Å²) in [6.07, 6.45) is 2.64. The van der Waals surface area contributed by atoms with E-state index < -0.39 is 17.5 Å². The smallest absolute Gasteiger partial charge is 0.194 e. The molecule has 1 aromatic carbocycles. The van der Waals surface area contributed by atoms with Gasteiger partial charge in [0.15, 0.2) is 17.5 Å². The van der Waals surface area contributed by atoms with Crippen LogP contribution in [-0.2, 0) is 6.42 Å². The summed E-state index contributed by atoms with van der Waals surface area (Å²) >= 11 is 0. The number of fused-ring (bicyclic) bond motifs is 1. The molecule has 106 valence electrons. The summed E-state index contributed by atoms with van der Waals surface area (Å²) in [5, 5.41) is 0. The van der Waals surface area contributed by atoms with Crippen LogP contribution in [0.15, 0.2) is 18.2 Å². The van der Waals surface area contributed by atoms with Crippen molar-refractivity contribution in [1.29, 1.82) is 0 Å². The van der Waals surface area contributed by atoms with Crippen molar-refractivity contribution >= 4 is 0 Å². The van der Waals surface area contributed by atoms with Crippen LogP contribution in [0.25, 0.3) is 5.69 Å². The quantitative estimate of drug-likeness (QED) is 0.796. The Labute approximate surface area is 115 Å². The highest BCUT2D eigenvalue weighted by Crippen LogP contribution is 2.33. The molecule has 0 amide bonds. The molecule has 2 aromatic rings. The van der Waals surface area contributed by atoms with Crippen LogP contribution in [0.1, 0.15) is 35.8 Å². The lowest BCUT2D eigenvalue weighted by Crippen LogP contribution is -2.18. The molecule has 0 fully saturated rings. The largest absolute Gasteiger partial charge is 0.324 e. The molecule has 0 bridgehead atoms. The SMILES string of the molecule is Cc1cc2c(n1-c1cc(F)c(F)c(F)c1)CCCC2N. The van der Waals surface area contributed by atoms with Gasteiger partial charge in [0.1, 0.15) is 0 Å².